The highest BCUT2D eigenvalue weighted by Crippen LogP contribution is 2.48. The summed E-state index contributed by atoms with van der Waals surface area (Å²) < 4.78 is 5.20. The van der Waals surface area contributed by atoms with E-state index in [1.165, 1.54) is 32.1 Å². The summed E-state index contributed by atoms with van der Waals surface area (Å²) in [5, 5.41) is 10.4. The molecular formula is C13H20O2. The Kier molecular flexibility index (Phi) is 2.18. The predicted molar refractivity (Wildman–Crippen MR) is 58.6 cm³/mol. The van der Waals surface area contributed by atoms with Crippen molar-refractivity contribution in [2.75, 3.05) is 6.61 Å². The van der Waals surface area contributed by atoms with Crippen molar-refractivity contribution in [3.05, 3.63) is 12.2 Å². The molecule has 2 atom stereocenters. The Hall–Kier alpha value is -0.340. The maximum Gasteiger partial charge on any atom is 0.0853 e. The van der Waals surface area contributed by atoms with E-state index >= 15 is 0 Å². The standard InChI is InChI=1S/C13H20O2/c14-13(9-11-10-15-11)7-5-12(6-8-13)3-1-2-4-12/h5,7,11,14H,1-4,6,8-10H2. The van der Waals surface area contributed by atoms with Crippen LogP contribution in [-0.4, -0.2) is 23.4 Å². The molecule has 1 spiro atoms. The fourth-order valence-electron chi connectivity index (χ4n) is 3.21. The Morgan fingerprint density at radius 3 is 2.40 bits per heavy atom. The molecule has 3 rings (SSSR count). The highest BCUT2D eigenvalue weighted by atomic mass is 16.6. The highest BCUT2D eigenvalue weighted by Gasteiger charge is 2.41. The van der Waals surface area contributed by atoms with Crippen LogP contribution in [0.25, 0.3) is 0 Å². The van der Waals surface area contributed by atoms with Crippen molar-refractivity contribution in [3.63, 3.8) is 0 Å². The third kappa shape index (κ3) is 1.98. The topological polar surface area (TPSA) is 32.8 Å². The average molecular weight is 208 g/mol. The summed E-state index contributed by atoms with van der Waals surface area (Å²) in [5.74, 6) is 0. The number of epoxide rings is 1. The van der Waals surface area contributed by atoms with Gasteiger partial charge in [-0.2, -0.15) is 0 Å². The van der Waals surface area contributed by atoms with Gasteiger partial charge in [-0.3, -0.25) is 0 Å². The summed E-state index contributed by atoms with van der Waals surface area (Å²) in [6.45, 7) is 0.849. The van der Waals surface area contributed by atoms with Crippen LogP contribution in [0.5, 0.6) is 0 Å². The van der Waals surface area contributed by atoms with Crippen molar-refractivity contribution in [1.29, 1.82) is 0 Å². The van der Waals surface area contributed by atoms with Gasteiger partial charge in [0.15, 0.2) is 0 Å². The van der Waals surface area contributed by atoms with Crippen LogP contribution in [0.15, 0.2) is 12.2 Å². The second-order valence-corrected chi connectivity index (χ2v) is 5.67. The molecule has 2 aliphatic carbocycles. The van der Waals surface area contributed by atoms with Crippen LogP contribution in [-0.2, 0) is 4.74 Å². The molecule has 0 aromatic rings. The first-order valence-electron chi connectivity index (χ1n) is 6.24. The minimum atomic E-state index is -0.561. The molecule has 0 aromatic heterocycles. The summed E-state index contributed by atoms with van der Waals surface area (Å²) in [6.07, 6.45) is 13.0. The zero-order valence-corrected chi connectivity index (χ0v) is 9.24. The van der Waals surface area contributed by atoms with Gasteiger partial charge in [-0.15, -0.1) is 0 Å². The Labute approximate surface area is 91.3 Å². The van der Waals surface area contributed by atoms with Crippen molar-refractivity contribution >= 4 is 0 Å². The van der Waals surface area contributed by atoms with Gasteiger partial charge < -0.3 is 9.84 Å². The van der Waals surface area contributed by atoms with Gasteiger partial charge in [0.1, 0.15) is 0 Å². The van der Waals surface area contributed by atoms with Crippen LogP contribution < -0.4 is 0 Å². The van der Waals surface area contributed by atoms with Crippen molar-refractivity contribution in [2.45, 2.75) is 56.7 Å². The monoisotopic (exact) mass is 208 g/mol. The van der Waals surface area contributed by atoms with Gasteiger partial charge in [0.2, 0.25) is 0 Å². The second kappa shape index (κ2) is 3.33. The van der Waals surface area contributed by atoms with E-state index in [1.54, 1.807) is 0 Å². The first-order chi connectivity index (χ1) is 7.20. The zero-order valence-electron chi connectivity index (χ0n) is 9.24. The minimum absolute atomic E-state index is 0.331. The molecule has 1 saturated carbocycles. The molecule has 3 aliphatic rings. The lowest BCUT2D eigenvalue weighted by molar-refractivity contribution is 0.0415. The molecule has 15 heavy (non-hydrogen) atoms. The van der Waals surface area contributed by atoms with Gasteiger partial charge in [0.05, 0.1) is 18.3 Å². The largest absolute Gasteiger partial charge is 0.386 e. The maximum absolute atomic E-state index is 10.4. The van der Waals surface area contributed by atoms with Gasteiger partial charge >= 0.3 is 0 Å². The third-order valence-corrected chi connectivity index (χ3v) is 4.39. The molecule has 0 aromatic carbocycles. The van der Waals surface area contributed by atoms with Gasteiger partial charge in [-0.05, 0) is 31.1 Å². The van der Waals surface area contributed by atoms with Gasteiger partial charge in [-0.1, -0.05) is 25.0 Å². The number of ether oxygens (including phenoxy) is 1. The number of allylic oxidation sites excluding steroid dienone is 1. The average Bonchev–Trinajstić information content (AvgIpc) is 2.91. The lowest BCUT2D eigenvalue weighted by Crippen LogP contribution is -2.34. The van der Waals surface area contributed by atoms with Gasteiger partial charge in [0.25, 0.3) is 0 Å². The van der Waals surface area contributed by atoms with Crippen molar-refractivity contribution in [2.24, 2.45) is 5.41 Å². The van der Waals surface area contributed by atoms with Crippen LogP contribution in [0.1, 0.15) is 44.9 Å². The Morgan fingerprint density at radius 2 is 1.87 bits per heavy atom. The first kappa shape index (κ1) is 9.86. The highest BCUT2D eigenvalue weighted by molar-refractivity contribution is 5.15. The lowest BCUT2D eigenvalue weighted by atomic mass is 9.72. The van der Waals surface area contributed by atoms with Gasteiger partial charge in [0, 0.05) is 6.42 Å². The summed E-state index contributed by atoms with van der Waals surface area (Å²) in [4.78, 5) is 0. The molecule has 2 nitrogen and oxygen atoms in total. The first-order valence-corrected chi connectivity index (χ1v) is 6.24. The fourth-order valence-corrected chi connectivity index (χ4v) is 3.21. The fraction of sp³-hybridized carbons (Fsp3) is 0.846. The van der Waals surface area contributed by atoms with Crippen LogP contribution in [0.4, 0.5) is 0 Å². The number of rotatable bonds is 2. The normalized spacial score (nSPS) is 42.3. The molecule has 2 fully saturated rings. The molecule has 2 unspecified atom stereocenters. The maximum atomic E-state index is 10.4. The molecule has 0 bridgehead atoms. The van der Waals surface area contributed by atoms with E-state index in [9.17, 15) is 5.11 Å². The minimum Gasteiger partial charge on any atom is -0.386 e. The second-order valence-electron chi connectivity index (χ2n) is 5.67. The van der Waals surface area contributed by atoms with E-state index in [0.29, 0.717) is 11.5 Å². The van der Waals surface area contributed by atoms with E-state index in [4.69, 9.17) is 4.74 Å². The molecule has 1 heterocycles. The molecule has 1 saturated heterocycles. The van der Waals surface area contributed by atoms with Crippen molar-refractivity contribution in [1.82, 2.24) is 0 Å². The molecular weight excluding hydrogens is 188 g/mol. The molecule has 0 amide bonds. The van der Waals surface area contributed by atoms with Crippen LogP contribution >= 0.6 is 0 Å². The van der Waals surface area contributed by atoms with Crippen LogP contribution in [0.3, 0.4) is 0 Å². The van der Waals surface area contributed by atoms with E-state index in [0.717, 1.165) is 19.4 Å². The summed E-state index contributed by atoms with van der Waals surface area (Å²) in [7, 11) is 0. The third-order valence-electron chi connectivity index (χ3n) is 4.39. The number of hydrogen-bond donors (Lipinski definition) is 1. The summed E-state index contributed by atoms with van der Waals surface area (Å²) >= 11 is 0. The van der Waals surface area contributed by atoms with Crippen LogP contribution in [0, 0.1) is 5.41 Å². The Balaban J connectivity index is 1.69. The van der Waals surface area contributed by atoms with E-state index in [1.807, 2.05) is 0 Å². The van der Waals surface area contributed by atoms with Gasteiger partial charge in [-0.25, -0.2) is 0 Å². The molecule has 1 N–H and O–H groups in total. The zero-order chi connectivity index (χ0) is 10.4. The Bertz CT molecular complexity index is 274. The lowest BCUT2D eigenvalue weighted by Gasteiger charge is -2.36. The summed E-state index contributed by atoms with van der Waals surface area (Å²) in [5.41, 5.74) is -0.106. The van der Waals surface area contributed by atoms with E-state index in [2.05, 4.69) is 12.2 Å². The molecule has 2 heteroatoms. The summed E-state index contributed by atoms with van der Waals surface area (Å²) in [6, 6.07) is 0. The smallest absolute Gasteiger partial charge is 0.0853 e. The Morgan fingerprint density at radius 1 is 1.13 bits per heavy atom. The van der Waals surface area contributed by atoms with E-state index in [-0.39, 0.29) is 0 Å². The molecule has 1 aliphatic heterocycles. The van der Waals surface area contributed by atoms with Crippen molar-refractivity contribution in [3.8, 4) is 0 Å². The predicted octanol–water partition coefficient (Wildman–Crippen LogP) is 2.42. The number of hydrogen-bond acceptors (Lipinski definition) is 2. The molecule has 0 radical (unpaired) electrons. The van der Waals surface area contributed by atoms with E-state index < -0.39 is 5.60 Å². The quantitative estimate of drug-likeness (QED) is 0.558. The van der Waals surface area contributed by atoms with Crippen molar-refractivity contribution < 1.29 is 9.84 Å². The number of aliphatic hydroxyl groups is 1. The van der Waals surface area contributed by atoms with Crippen LogP contribution in [0.2, 0.25) is 0 Å². The SMILES string of the molecule is OC1(CC2CO2)C=CC2(CCCC2)CC1. The molecule has 84 valence electrons.